The lowest BCUT2D eigenvalue weighted by atomic mass is 10.1. The van der Waals surface area contributed by atoms with Crippen molar-refractivity contribution in [2.75, 3.05) is 14.2 Å². The van der Waals surface area contributed by atoms with Crippen LogP contribution in [0.4, 0.5) is 0 Å². The van der Waals surface area contributed by atoms with Crippen molar-refractivity contribution in [2.24, 2.45) is 0 Å². The molecule has 0 aliphatic rings. The van der Waals surface area contributed by atoms with Crippen LogP contribution >= 0.6 is 0 Å². The molecule has 4 nitrogen and oxygen atoms in total. The minimum Gasteiger partial charge on any atom is -0.496 e. The van der Waals surface area contributed by atoms with Crippen molar-refractivity contribution in [2.45, 2.75) is 6.92 Å². The van der Waals surface area contributed by atoms with Crippen molar-refractivity contribution < 1.29 is 19.0 Å². The fourth-order valence-corrected chi connectivity index (χ4v) is 1.82. The van der Waals surface area contributed by atoms with Crippen LogP contribution in [0.25, 0.3) is 0 Å². The summed E-state index contributed by atoms with van der Waals surface area (Å²) < 4.78 is 16.1. The first-order valence-electron chi connectivity index (χ1n) is 6.13. The number of rotatable bonds is 5. The van der Waals surface area contributed by atoms with Crippen molar-refractivity contribution in [3.63, 3.8) is 0 Å². The monoisotopic (exact) mass is 272 g/mol. The topological polar surface area (TPSA) is 44.8 Å². The molecule has 0 bridgehead atoms. The van der Waals surface area contributed by atoms with Crippen molar-refractivity contribution in [1.82, 2.24) is 0 Å². The molecule has 0 spiro atoms. The lowest BCUT2D eigenvalue weighted by Crippen LogP contribution is -1.93. The van der Waals surface area contributed by atoms with Crippen LogP contribution in [0, 0.1) is 6.92 Å². The van der Waals surface area contributed by atoms with Gasteiger partial charge < -0.3 is 14.2 Å². The van der Waals surface area contributed by atoms with Crippen molar-refractivity contribution >= 4 is 6.29 Å². The van der Waals surface area contributed by atoms with Gasteiger partial charge in [-0.25, -0.2) is 0 Å². The molecule has 2 rings (SSSR count). The van der Waals surface area contributed by atoms with Gasteiger partial charge in [-0.1, -0.05) is 11.6 Å². The predicted molar refractivity (Wildman–Crippen MR) is 76.2 cm³/mol. The van der Waals surface area contributed by atoms with Crippen LogP contribution < -0.4 is 14.2 Å². The van der Waals surface area contributed by atoms with Crippen LogP contribution in [-0.4, -0.2) is 20.5 Å². The van der Waals surface area contributed by atoms with E-state index in [-0.39, 0.29) is 0 Å². The van der Waals surface area contributed by atoms with E-state index in [4.69, 9.17) is 14.2 Å². The highest BCUT2D eigenvalue weighted by atomic mass is 16.5. The van der Waals surface area contributed by atoms with Crippen LogP contribution in [0.15, 0.2) is 36.4 Å². The van der Waals surface area contributed by atoms with E-state index >= 15 is 0 Å². The molecular formula is C16H16O4. The normalized spacial score (nSPS) is 9.95. The number of methoxy groups -OCH3 is 2. The van der Waals surface area contributed by atoms with Crippen LogP contribution in [0.1, 0.15) is 15.9 Å². The average molecular weight is 272 g/mol. The third-order valence-electron chi connectivity index (χ3n) is 2.85. The van der Waals surface area contributed by atoms with E-state index < -0.39 is 0 Å². The molecule has 0 saturated heterocycles. The lowest BCUT2D eigenvalue weighted by molar-refractivity contribution is 0.112. The molecule has 2 aromatic rings. The Balaban J connectivity index is 2.36. The Hall–Kier alpha value is -2.49. The van der Waals surface area contributed by atoms with Gasteiger partial charge in [-0.05, 0) is 19.1 Å². The summed E-state index contributed by atoms with van der Waals surface area (Å²) in [5.74, 6) is 2.30. The molecule has 0 radical (unpaired) electrons. The van der Waals surface area contributed by atoms with Gasteiger partial charge in [0.1, 0.15) is 23.0 Å². The number of hydrogen-bond donors (Lipinski definition) is 0. The molecule has 104 valence electrons. The lowest BCUT2D eigenvalue weighted by Gasteiger charge is -2.11. The zero-order chi connectivity index (χ0) is 14.5. The number of benzene rings is 2. The van der Waals surface area contributed by atoms with E-state index in [1.54, 1.807) is 44.6 Å². The second-order valence-electron chi connectivity index (χ2n) is 4.31. The standard InChI is InChI=1S/C16H16O4/c1-11-4-5-16(12(6-11)10-17)20-15-8-13(18-2)7-14(9-15)19-3/h4-10H,1-3H3. The molecule has 0 amide bonds. The number of aryl methyl sites for hydroxylation is 1. The molecule has 0 aromatic heterocycles. The van der Waals surface area contributed by atoms with Gasteiger partial charge in [0.05, 0.1) is 19.8 Å². The fraction of sp³-hybridized carbons (Fsp3) is 0.188. The van der Waals surface area contributed by atoms with E-state index in [1.807, 2.05) is 13.0 Å². The Labute approximate surface area is 117 Å². The molecule has 0 atom stereocenters. The first-order chi connectivity index (χ1) is 9.66. The molecule has 2 aromatic carbocycles. The summed E-state index contributed by atoms with van der Waals surface area (Å²) in [5, 5.41) is 0. The Morgan fingerprint density at radius 2 is 1.50 bits per heavy atom. The second kappa shape index (κ2) is 6.10. The largest absolute Gasteiger partial charge is 0.496 e. The van der Waals surface area contributed by atoms with Crippen molar-refractivity contribution in [1.29, 1.82) is 0 Å². The van der Waals surface area contributed by atoms with E-state index in [0.29, 0.717) is 28.6 Å². The van der Waals surface area contributed by atoms with Crippen LogP contribution in [-0.2, 0) is 0 Å². The maximum atomic E-state index is 11.1. The number of carbonyl (C=O) groups is 1. The molecule has 0 N–H and O–H groups in total. The molecular weight excluding hydrogens is 256 g/mol. The predicted octanol–water partition coefficient (Wildman–Crippen LogP) is 3.62. The van der Waals surface area contributed by atoms with E-state index in [1.165, 1.54) is 0 Å². The van der Waals surface area contributed by atoms with Crippen molar-refractivity contribution in [3.8, 4) is 23.0 Å². The number of ether oxygens (including phenoxy) is 3. The molecule has 0 saturated carbocycles. The van der Waals surface area contributed by atoms with Crippen molar-refractivity contribution in [3.05, 3.63) is 47.5 Å². The van der Waals surface area contributed by atoms with Crippen LogP contribution in [0.2, 0.25) is 0 Å². The first kappa shape index (κ1) is 13.9. The summed E-state index contributed by atoms with van der Waals surface area (Å²) in [5.41, 5.74) is 1.51. The van der Waals surface area contributed by atoms with E-state index in [2.05, 4.69) is 0 Å². The molecule has 0 fully saturated rings. The summed E-state index contributed by atoms with van der Waals surface area (Å²) in [6.07, 6.45) is 0.778. The Bertz CT molecular complexity index is 598. The zero-order valence-electron chi connectivity index (χ0n) is 11.7. The summed E-state index contributed by atoms with van der Waals surface area (Å²) in [6.45, 7) is 1.92. The molecule has 20 heavy (non-hydrogen) atoms. The maximum absolute atomic E-state index is 11.1. The summed E-state index contributed by atoms with van der Waals surface area (Å²) in [4.78, 5) is 11.1. The van der Waals surface area contributed by atoms with Gasteiger partial charge in [-0.15, -0.1) is 0 Å². The quantitative estimate of drug-likeness (QED) is 0.780. The Kier molecular flexibility index (Phi) is 4.25. The van der Waals surface area contributed by atoms with Gasteiger partial charge in [0.25, 0.3) is 0 Å². The van der Waals surface area contributed by atoms with Gasteiger partial charge in [-0.3, -0.25) is 4.79 Å². The number of aldehydes is 1. The van der Waals surface area contributed by atoms with Crippen LogP contribution in [0.5, 0.6) is 23.0 Å². The molecule has 4 heteroatoms. The smallest absolute Gasteiger partial charge is 0.153 e. The average Bonchev–Trinajstić information content (AvgIpc) is 2.48. The summed E-state index contributed by atoms with van der Waals surface area (Å²) >= 11 is 0. The molecule has 0 heterocycles. The first-order valence-corrected chi connectivity index (χ1v) is 6.13. The van der Waals surface area contributed by atoms with Gasteiger partial charge in [0.2, 0.25) is 0 Å². The Morgan fingerprint density at radius 1 is 0.900 bits per heavy atom. The SMILES string of the molecule is COc1cc(OC)cc(Oc2ccc(C)cc2C=O)c1. The molecule has 0 aliphatic carbocycles. The fourth-order valence-electron chi connectivity index (χ4n) is 1.82. The summed E-state index contributed by atoms with van der Waals surface area (Å²) in [6, 6.07) is 10.7. The highest BCUT2D eigenvalue weighted by molar-refractivity contribution is 5.79. The highest BCUT2D eigenvalue weighted by Gasteiger charge is 2.08. The van der Waals surface area contributed by atoms with E-state index in [9.17, 15) is 4.79 Å². The Morgan fingerprint density at radius 3 is 2.05 bits per heavy atom. The van der Waals surface area contributed by atoms with E-state index in [0.717, 1.165) is 11.8 Å². The third kappa shape index (κ3) is 3.09. The van der Waals surface area contributed by atoms with Gasteiger partial charge in [0.15, 0.2) is 6.29 Å². The minimum atomic E-state index is 0.501. The molecule has 0 aliphatic heterocycles. The van der Waals surface area contributed by atoms with Gasteiger partial charge in [-0.2, -0.15) is 0 Å². The number of carbonyl (C=O) groups excluding carboxylic acids is 1. The van der Waals surface area contributed by atoms with Gasteiger partial charge in [0, 0.05) is 18.2 Å². The third-order valence-corrected chi connectivity index (χ3v) is 2.85. The summed E-state index contributed by atoms with van der Waals surface area (Å²) in [7, 11) is 3.14. The zero-order valence-corrected chi connectivity index (χ0v) is 11.7. The number of hydrogen-bond acceptors (Lipinski definition) is 4. The molecule has 0 unspecified atom stereocenters. The second-order valence-corrected chi connectivity index (χ2v) is 4.31. The highest BCUT2D eigenvalue weighted by Crippen LogP contribution is 2.32. The minimum absolute atomic E-state index is 0.501. The maximum Gasteiger partial charge on any atom is 0.153 e. The van der Waals surface area contributed by atoms with Crippen LogP contribution in [0.3, 0.4) is 0 Å². The van der Waals surface area contributed by atoms with Gasteiger partial charge >= 0.3 is 0 Å².